The third kappa shape index (κ3) is 1.98. The topological polar surface area (TPSA) is 0 Å². The van der Waals surface area contributed by atoms with E-state index in [0.29, 0.717) is 0 Å². The predicted molar refractivity (Wildman–Crippen MR) is 48.5 cm³/mol. The SMILES string of the molecule is C[C@H]1CCCCC1CC1CC1. The monoisotopic (exact) mass is 152 g/mol. The van der Waals surface area contributed by atoms with Crippen LogP contribution < -0.4 is 0 Å². The third-order valence-electron chi connectivity index (χ3n) is 3.62. The molecule has 0 aromatic heterocycles. The molecule has 0 heterocycles. The zero-order valence-electron chi connectivity index (χ0n) is 7.68. The minimum atomic E-state index is 1.05. The smallest absolute Gasteiger partial charge is 0.0386 e. The van der Waals surface area contributed by atoms with E-state index < -0.39 is 0 Å². The molecule has 11 heavy (non-hydrogen) atoms. The van der Waals surface area contributed by atoms with Crippen molar-refractivity contribution in [2.75, 3.05) is 0 Å². The number of hydrogen-bond acceptors (Lipinski definition) is 0. The summed E-state index contributed by atoms with van der Waals surface area (Å²) in [6, 6.07) is 0. The first-order valence-corrected chi connectivity index (χ1v) is 5.36. The highest BCUT2D eigenvalue weighted by atomic mass is 14.3. The van der Waals surface area contributed by atoms with E-state index in [1.165, 1.54) is 25.7 Å². The summed E-state index contributed by atoms with van der Waals surface area (Å²) in [4.78, 5) is 0. The average molecular weight is 152 g/mol. The first-order valence-electron chi connectivity index (χ1n) is 5.36. The molecule has 1 unspecified atom stereocenters. The summed E-state index contributed by atoms with van der Waals surface area (Å²) in [5, 5.41) is 0. The van der Waals surface area contributed by atoms with Gasteiger partial charge in [0.2, 0.25) is 0 Å². The summed E-state index contributed by atoms with van der Waals surface area (Å²) in [5.41, 5.74) is 0. The summed E-state index contributed by atoms with van der Waals surface area (Å²) in [5.74, 6) is 3.31. The van der Waals surface area contributed by atoms with E-state index in [1.54, 1.807) is 19.3 Å². The van der Waals surface area contributed by atoms with Gasteiger partial charge in [-0.2, -0.15) is 0 Å². The van der Waals surface area contributed by atoms with Crippen molar-refractivity contribution in [3.05, 3.63) is 0 Å². The Balaban J connectivity index is 1.78. The van der Waals surface area contributed by atoms with Crippen LogP contribution in [0.1, 0.15) is 51.9 Å². The van der Waals surface area contributed by atoms with E-state index in [4.69, 9.17) is 0 Å². The first kappa shape index (κ1) is 7.64. The standard InChI is InChI=1S/C11H20/c1-9-4-2-3-5-11(9)8-10-6-7-10/h9-11H,2-8H2,1H3/t9-,11?/m0/s1. The van der Waals surface area contributed by atoms with Crippen LogP contribution in [0.25, 0.3) is 0 Å². The second-order valence-corrected chi connectivity index (χ2v) is 4.70. The van der Waals surface area contributed by atoms with Crippen LogP contribution >= 0.6 is 0 Å². The van der Waals surface area contributed by atoms with Crippen molar-refractivity contribution in [3.63, 3.8) is 0 Å². The van der Waals surface area contributed by atoms with E-state index in [1.807, 2.05) is 0 Å². The lowest BCUT2D eigenvalue weighted by Gasteiger charge is -2.28. The summed E-state index contributed by atoms with van der Waals surface area (Å²) in [6.45, 7) is 2.46. The van der Waals surface area contributed by atoms with Crippen molar-refractivity contribution in [2.24, 2.45) is 17.8 Å². The molecule has 0 aromatic carbocycles. The second kappa shape index (κ2) is 3.16. The molecule has 0 N–H and O–H groups in total. The van der Waals surface area contributed by atoms with Gasteiger partial charge in [-0.3, -0.25) is 0 Å². The van der Waals surface area contributed by atoms with E-state index in [2.05, 4.69) is 6.92 Å². The highest BCUT2D eigenvalue weighted by Crippen LogP contribution is 2.41. The molecular weight excluding hydrogens is 132 g/mol. The summed E-state index contributed by atoms with van der Waals surface area (Å²) >= 11 is 0. The molecule has 2 rings (SSSR count). The molecule has 2 aliphatic rings. The molecule has 64 valence electrons. The van der Waals surface area contributed by atoms with Crippen LogP contribution in [0.4, 0.5) is 0 Å². The molecular formula is C11H20. The van der Waals surface area contributed by atoms with Crippen molar-refractivity contribution < 1.29 is 0 Å². The quantitative estimate of drug-likeness (QED) is 0.567. The van der Waals surface area contributed by atoms with Gasteiger partial charge < -0.3 is 0 Å². The molecule has 0 saturated heterocycles. The van der Waals surface area contributed by atoms with Crippen molar-refractivity contribution in [3.8, 4) is 0 Å². The minimum absolute atomic E-state index is 1.05. The van der Waals surface area contributed by atoms with E-state index >= 15 is 0 Å². The van der Waals surface area contributed by atoms with Crippen molar-refractivity contribution in [1.82, 2.24) is 0 Å². The lowest BCUT2D eigenvalue weighted by molar-refractivity contribution is 0.233. The van der Waals surface area contributed by atoms with Gasteiger partial charge in [-0.25, -0.2) is 0 Å². The number of rotatable bonds is 2. The Morgan fingerprint density at radius 2 is 1.73 bits per heavy atom. The van der Waals surface area contributed by atoms with Gasteiger partial charge in [-0.15, -0.1) is 0 Å². The fourth-order valence-electron chi connectivity index (χ4n) is 2.52. The molecule has 2 fully saturated rings. The Bertz CT molecular complexity index is 124. The van der Waals surface area contributed by atoms with Crippen LogP contribution in [0, 0.1) is 17.8 Å². The van der Waals surface area contributed by atoms with Crippen molar-refractivity contribution in [1.29, 1.82) is 0 Å². The van der Waals surface area contributed by atoms with Gasteiger partial charge in [0.05, 0.1) is 0 Å². The molecule has 0 spiro atoms. The third-order valence-corrected chi connectivity index (χ3v) is 3.62. The van der Waals surface area contributed by atoms with Crippen LogP contribution in [0.2, 0.25) is 0 Å². The van der Waals surface area contributed by atoms with Crippen LogP contribution in [-0.2, 0) is 0 Å². The van der Waals surface area contributed by atoms with Gasteiger partial charge in [0.1, 0.15) is 0 Å². The maximum absolute atomic E-state index is 2.46. The largest absolute Gasteiger partial charge is 0.0622 e. The Morgan fingerprint density at radius 1 is 1.00 bits per heavy atom. The summed E-state index contributed by atoms with van der Waals surface area (Å²) < 4.78 is 0. The highest BCUT2D eigenvalue weighted by molar-refractivity contribution is 4.81. The van der Waals surface area contributed by atoms with E-state index in [9.17, 15) is 0 Å². The van der Waals surface area contributed by atoms with Crippen LogP contribution in [0.15, 0.2) is 0 Å². The van der Waals surface area contributed by atoms with Crippen molar-refractivity contribution in [2.45, 2.75) is 51.9 Å². The molecule has 0 bridgehead atoms. The Morgan fingerprint density at radius 3 is 2.36 bits per heavy atom. The van der Waals surface area contributed by atoms with Gasteiger partial charge >= 0.3 is 0 Å². The first-order chi connectivity index (χ1) is 5.36. The maximum atomic E-state index is 2.46. The predicted octanol–water partition coefficient (Wildman–Crippen LogP) is 3.61. The molecule has 0 aliphatic heterocycles. The zero-order valence-corrected chi connectivity index (χ0v) is 7.68. The lowest BCUT2D eigenvalue weighted by Crippen LogP contribution is -2.16. The fourth-order valence-corrected chi connectivity index (χ4v) is 2.52. The molecule has 2 saturated carbocycles. The van der Waals surface area contributed by atoms with Crippen LogP contribution in [0.5, 0.6) is 0 Å². The van der Waals surface area contributed by atoms with Gasteiger partial charge in [-0.1, -0.05) is 45.4 Å². The van der Waals surface area contributed by atoms with E-state index in [0.717, 1.165) is 17.8 Å². The van der Waals surface area contributed by atoms with Gasteiger partial charge in [0.15, 0.2) is 0 Å². The van der Waals surface area contributed by atoms with Crippen LogP contribution in [0.3, 0.4) is 0 Å². The average Bonchev–Trinajstić information content (AvgIpc) is 2.78. The van der Waals surface area contributed by atoms with E-state index in [-0.39, 0.29) is 0 Å². The van der Waals surface area contributed by atoms with Crippen molar-refractivity contribution >= 4 is 0 Å². The Hall–Kier alpha value is 0. The Labute approximate surface area is 70.4 Å². The molecule has 2 atom stereocenters. The molecule has 0 radical (unpaired) electrons. The fraction of sp³-hybridized carbons (Fsp3) is 1.00. The summed E-state index contributed by atoms with van der Waals surface area (Å²) in [7, 11) is 0. The molecule has 0 amide bonds. The number of hydrogen-bond donors (Lipinski definition) is 0. The maximum Gasteiger partial charge on any atom is -0.0386 e. The summed E-state index contributed by atoms with van der Waals surface area (Å²) in [6.07, 6.45) is 10.7. The Kier molecular flexibility index (Phi) is 2.20. The molecule has 0 nitrogen and oxygen atoms in total. The molecule has 0 heteroatoms. The van der Waals surface area contributed by atoms with Gasteiger partial charge in [-0.05, 0) is 24.2 Å². The second-order valence-electron chi connectivity index (χ2n) is 4.70. The minimum Gasteiger partial charge on any atom is -0.0622 e. The normalized spacial score (nSPS) is 39.0. The van der Waals surface area contributed by atoms with Gasteiger partial charge in [0, 0.05) is 0 Å². The van der Waals surface area contributed by atoms with Crippen LogP contribution in [-0.4, -0.2) is 0 Å². The lowest BCUT2D eigenvalue weighted by atomic mass is 9.78. The van der Waals surface area contributed by atoms with Gasteiger partial charge in [0.25, 0.3) is 0 Å². The zero-order chi connectivity index (χ0) is 7.68. The highest BCUT2D eigenvalue weighted by Gasteiger charge is 2.29. The molecule has 0 aromatic rings. The molecule has 2 aliphatic carbocycles.